The minimum absolute atomic E-state index is 0.112. The molecule has 0 heterocycles. The zero-order valence-corrected chi connectivity index (χ0v) is 11.8. The van der Waals surface area contributed by atoms with Crippen molar-refractivity contribution in [2.24, 2.45) is 0 Å². The van der Waals surface area contributed by atoms with Crippen LogP contribution in [0.4, 0.5) is 0 Å². The van der Waals surface area contributed by atoms with Crippen molar-refractivity contribution in [2.45, 2.75) is 33.1 Å². The Morgan fingerprint density at radius 3 is 2.26 bits per heavy atom. The van der Waals surface area contributed by atoms with Crippen LogP contribution in [0.1, 0.15) is 37.3 Å². The molecule has 1 heteroatoms. The molecule has 0 spiro atoms. The van der Waals surface area contributed by atoms with Gasteiger partial charge in [-0.2, -0.15) is 0 Å². The third-order valence-corrected chi connectivity index (χ3v) is 3.73. The minimum Gasteiger partial charge on any atom is -0.289 e. The molecule has 1 nitrogen and oxygen atoms in total. The number of benzene rings is 1. The number of rotatable bonds is 3. The monoisotopic (exact) mass is 252 g/mol. The molecule has 0 aliphatic carbocycles. The summed E-state index contributed by atoms with van der Waals surface area (Å²) in [6.45, 7) is 6.27. The van der Waals surface area contributed by atoms with Gasteiger partial charge in [0.25, 0.3) is 0 Å². The number of hydrogen-bond acceptors (Lipinski definition) is 1. The van der Waals surface area contributed by atoms with Crippen LogP contribution in [0.3, 0.4) is 0 Å². The molecule has 1 atom stereocenters. The van der Waals surface area contributed by atoms with Crippen LogP contribution in [-0.2, 0) is 0 Å². The van der Waals surface area contributed by atoms with Gasteiger partial charge in [-0.15, -0.1) is 0 Å². The van der Waals surface area contributed by atoms with E-state index in [1.807, 2.05) is 31.2 Å². The summed E-state index contributed by atoms with van der Waals surface area (Å²) in [5, 5.41) is 0. The second-order valence-corrected chi connectivity index (χ2v) is 5.08. The van der Waals surface area contributed by atoms with Gasteiger partial charge in [0.2, 0.25) is 0 Å². The quantitative estimate of drug-likeness (QED) is 0.784. The molecule has 0 N–H and O–H groups in total. The van der Waals surface area contributed by atoms with Crippen molar-refractivity contribution in [2.75, 3.05) is 0 Å². The lowest BCUT2D eigenvalue weighted by Gasteiger charge is -2.09. The van der Waals surface area contributed by atoms with Crippen LogP contribution < -0.4 is 5.43 Å². The summed E-state index contributed by atoms with van der Waals surface area (Å²) in [5.74, 6) is 0.564. The van der Waals surface area contributed by atoms with Gasteiger partial charge < -0.3 is 0 Å². The molecule has 0 saturated heterocycles. The summed E-state index contributed by atoms with van der Waals surface area (Å²) in [5.41, 5.74) is 4.00. The Balaban J connectivity index is 2.47. The van der Waals surface area contributed by atoms with Crippen LogP contribution in [0, 0.1) is 6.92 Å². The fraction of sp³-hybridized carbons (Fsp3) is 0.278. The zero-order valence-electron chi connectivity index (χ0n) is 11.8. The molecular weight excluding hydrogens is 232 g/mol. The topological polar surface area (TPSA) is 17.1 Å². The molecule has 0 aromatic heterocycles. The van der Waals surface area contributed by atoms with Crippen LogP contribution in [0.25, 0.3) is 11.1 Å². The second-order valence-electron chi connectivity index (χ2n) is 5.08. The van der Waals surface area contributed by atoms with Gasteiger partial charge in [-0.3, -0.25) is 4.79 Å². The third kappa shape index (κ3) is 2.93. The molecule has 19 heavy (non-hydrogen) atoms. The average Bonchev–Trinajstić information content (AvgIpc) is 2.61. The summed E-state index contributed by atoms with van der Waals surface area (Å²) in [6.07, 6.45) is 1.13. The predicted octanol–water partition coefficient (Wildman–Crippen LogP) is 4.54. The normalized spacial score (nSPS) is 12.2. The van der Waals surface area contributed by atoms with E-state index < -0.39 is 0 Å². The first kappa shape index (κ1) is 13.5. The van der Waals surface area contributed by atoms with Crippen LogP contribution in [0.5, 0.6) is 0 Å². The van der Waals surface area contributed by atoms with Crippen molar-refractivity contribution in [3.05, 3.63) is 69.9 Å². The Hall–Kier alpha value is -1.89. The highest BCUT2D eigenvalue weighted by molar-refractivity contribution is 5.63. The van der Waals surface area contributed by atoms with E-state index in [-0.39, 0.29) is 5.43 Å². The van der Waals surface area contributed by atoms with E-state index in [1.165, 1.54) is 5.56 Å². The molecule has 2 aromatic carbocycles. The molecule has 2 rings (SSSR count). The fourth-order valence-electron chi connectivity index (χ4n) is 2.17. The first-order valence-electron chi connectivity index (χ1n) is 6.83. The van der Waals surface area contributed by atoms with Crippen molar-refractivity contribution in [3.63, 3.8) is 0 Å². The first-order valence-corrected chi connectivity index (χ1v) is 6.83. The van der Waals surface area contributed by atoms with E-state index >= 15 is 0 Å². The maximum Gasteiger partial charge on any atom is 0.189 e. The van der Waals surface area contributed by atoms with Gasteiger partial charge >= 0.3 is 0 Å². The van der Waals surface area contributed by atoms with Gasteiger partial charge in [0, 0.05) is 5.56 Å². The van der Waals surface area contributed by atoms with Crippen molar-refractivity contribution in [3.8, 4) is 11.1 Å². The maximum absolute atomic E-state index is 12.2. The molecule has 0 amide bonds. The van der Waals surface area contributed by atoms with Crippen LogP contribution in [-0.4, -0.2) is 0 Å². The van der Waals surface area contributed by atoms with E-state index in [4.69, 9.17) is 0 Å². The largest absolute Gasteiger partial charge is 0.289 e. The smallest absolute Gasteiger partial charge is 0.189 e. The highest BCUT2D eigenvalue weighted by Gasteiger charge is 2.06. The Morgan fingerprint density at radius 1 is 1.00 bits per heavy atom. The van der Waals surface area contributed by atoms with Gasteiger partial charge in [-0.1, -0.05) is 62.4 Å². The van der Waals surface area contributed by atoms with Crippen molar-refractivity contribution in [1.29, 1.82) is 0 Å². The van der Waals surface area contributed by atoms with Crippen LogP contribution in [0.15, 0.2) is 53.3 Å². The molecule has 1 unspecified atom stereocenters. The van der Waals surface area contributed by atoms with Gasteiger partial charge in [-0.05, 0) is 36.0 Å². The van der Waals surface area contributed by atoms with E-state index in [2.05, 4.69) is 38.1 Å². The van der Waals surface area contributed by atoms with Crippen molar-refractivity contribution in [1.82, 2.24) is 0 Å². The van der Waals surface area contributed by atoms with Gasteiger partial charge in [0.1, 0.15) is 0 Å². The third-order valence-electron chi connectivity index (χ3n) is 3.73. The van der Waals surface area contributed by atoms with E-state index in [0.29, 0.717) is 5.92 Å². The molecule has 0 radical (unpaired) electrons. The van der Waals surface area contributed by atoms with Crippen LogP contribution >= 0.6 is 0 Å². The average molecular weight is 252 g/mol. The molecule has 98 valence electrons. The minimum atomic E-state index is 0.112. The van der Waals surface area contributed by atoms with Gasteiger partial charge in [-0.25, -0.2) is 0 Å². The maximum atomic E-state index is 12.2. The molecule has 0 saturated carbocycles. The lowest BCUT2D eigenvalue weighted by atomic mass is 9.96. The van der Waals surface area contributed by atoms with Crippen LogP contribution in [0.2, 0.25) is 0 Å². The van der Waals surface area contributed by atoms with E-state index in [1.54, 1.807) is 0 Å². The lowest BCUT2D eigenvalue weighted by Crippen LogP contribution is -2.04. The summed E-state index contributed by atoms with van der Waals surface area (Å²) in [4.78, 5) is 12.2. The van der Waals surface area contributed by atoms with Crippen molar-refractivity contribution >= 4 is 0 Å². The standard InChI is InChI=1S/C18H20O/c1-4-13(2)15-9-11-16(12-10-15)17-8-6-5-7-14(3)18(17)19/h5-13H,4H2,1-3H3. The number of aryl methyl sites for hydroxylation is 1. The summed E-state index contributed by atoms with van der Waals surface area (Å²) in [7, 11) is 0. The zero-order chi connectivity index (χ0) is 13.8. The summed E-state index contributed by atoms with van der Waals surface area (Å²) >= 11 is 0. The fourth-order valence-corrected chi connectivity index (χ4v) is 2.17. The Bertz CT molecular complexity index is 611. The molecular formula is C18H20O. The van der Waals surface area contributed by atoms with E-state index in [0.717, 1.165) is 23.1 Å². The summed E-state index contributed by atoms with van der Waals surface area (Å²) in [6, 6.07) is 16.0. The summed E-state index contributed by atoms with van der Waals surface area (Å²) < 4.78 is 0. The Labute approximate surface area is 114 Å². The SMILES string of the molecule is CCC(C)c1ccc(-c2ccccc(C)c2=O)cc1. The molecule has 0 aliphatic rings. The number of hydrogen-bond donors (Lipinski definition) is 0. The first-order chi connectivity index (χ1) is 9.13. The second kappa shape index (κ2) is 5.83. The lowest BCUT2D eigenvalue weighted by molar-refractivity contribution is 0.734. The highest BCUT2D eigenvalue weighted by Crippen LogP contribution is 2.22. The molecule has 0 aliphatic heterocycles. The van der Waals surface area contributed by atoms with Crippen molar-refractivity contribution < 1.29 is 0 Å². The molecule has 2 aromatic rings. The molecule has 0 fully saturated rings. The Kier molecular flexibility index (Phi) is 4.16. The van der Waals surface area contributed by atoms with E-state index in [9.17, 15) is 4.79 Å². The van der Waals surface area contributed by atoms with Gasteiger partial charge in [0.05, 0.1) is 0 Å². The predicted molar refractivity (Wildman–Crippen MR) is 81.6 cm³/mol. The molecule has 0 bridgehead atoms. The van der Waals surface area contributed by atoms with Gasteiger partial charge in [0.15, 0.2) is 5.43 Å². The Morgan fingerprint density at radius 2 is 1.63 bits per heavy atom. The highest BCUT2D eigenvalue weighted by atomic mass is 16.1.